The highest BCUT2D eigenvalue weighted by Gasteiger charge is 2.27. The van der Waals surface area contributed by atoms with E-state index in [0.29, 0.717) is 17.2 Å². The smallest absolute Gasteiger partial charge is 0.268 e. The van der Waals surface area contributed by atoms with Gasteiger partial charge >= 0.3 is 0 Å². The van der Waals surface area contributed by atoms with E-state index in [1.165, 1.54) is 5.56 Å². The van der Waals surface area contributed by atoms with E-state index in [1.807, 2.05) is 41.9 Å². The molecule has 2 aromatic carbocycles. The van der Waals surface area contributed by atoms with Gasteiger partial charge in [0.25, 0.3) is 5.91 Å². The van der Waals surface area contributed by atoms with Gasteiger partial charge in [0.1, 0.15) is 22.9 Å². The number of aromatic nitrogens is 2. The van der Waals surface area contributed by atoms with Crippen LogP contribution in [-0.2, 0) is 13.5 Å². The van der Waals surface area contributed by atoms with Crippen LogP contribution in [0.4, 0.5) is 0 Å². The van der Waals surface area contributed by atoms with Crippen molar-refractivity contribution in [3.8, 4) is 17.2 Å². The number of ether oxygens (including phenoxy) is 3. The molecule has 7 heteroatoms. The molecule has 5 rings (SSSR count). The summed E-state index contributed by atoms with van der Waals surface area (Å²) < 4.78 is 18.3. The Bertz CT molecular complexity index is 1330. The van der Waals surface area contributed by atoms with Crippen molar-refractivity contribution < 1.29 is 19.0 Å². The molecule has 0 aliphatic heterocycles. The maximum Gasteiger partial charge on any atom is 0.268 e. The van der Waals surface area contributed by atoms with Crippen molar-refractivity contribution in [2.24, 2.45) is 7.05 Å². The summed E-state index contributed by atoms with van der Waals surface area (Å²) in [5.74, 6) is 2.12. The second-order valence-corrected chi connectivity index (χ2v) is 8.17. The van der Waals surface area contributed by atoms with Gasteiger partial charge in [0.2, 0.25) is 0 Å². The van der Waals surface area contributed by atoms with Crippen LogP contribution < -0.4 is 19.5 Å². The van der Waals surface area contributed by atoms with Crippen molar-refractivity contribution in [3.63, 3.8) is 0 Å². The fourth-order valence-corrected chi connectivity index (χ4v) is 4.91. The van der Waals surface area contributed by atoms with Crippen LogP contribution >= 0.6 is 0 Å². The number of fused-ring (bicyclic) bond motifs is 4. The van der Waals surface area contributed by atoms with E-state index in [0.717, 1.165) is 52.5 Å². The minimum atomic E-state index is -0.123. The number of aryl methyl sites for hydroxylation is 2. The molecule has 0 bridgehead atoms. The van der Waals surface area contributed by atoms with Crippen LogP contribution in [0, 0.1) is 0 Å². The Morgan fingerprint density at radius 2 is 1.81 bits per heavy atom. The molecule has 1 aliphatic rings. The lowest BCUT2D eigenvalue weighted by Crippen LogP contribution is -2.32. The molecule has 0 spiro atoms. The molecule has 0 saturated heterocycles. The molecule has 0 fully saturated rings. The lowest BCUT2D eigenvalue weighted by atomic mass is 9.91. The van der Waals surface area contributed by atoms with Gasteiger partial charge in [-0.1, -0.05) is 0 Å². The number of H-pyrrole nitrogens is 1. The number of methoxy groups -OCH3 is 3. The zero-order valence-corrected chi connectivity index (χ0v) is 18.7. The number of carbonyl (C=O) groups is 1. The van der Waals surface area contributed by atoms with Gasteiger partial charge in [0.05, 0.1) is 32.9 Å². The molecule has 4 aromatic rings. The van der Waals surface area contributed by atoms with Crippen molar-refractivity contribution in [3.05, 3.63) is 53.3 Å². The number of amides is 1. The summed E-state index contributed by atoms with van der Waals surface area (Å²) in [4.78, 5) is 16.9. The number of hydrogen-bond donors (Lipinski definition) is 2. The lowest BCUT2D eigenvalue weighted by molar-refractivity contribution is 0.0924. The highest BCUT2D eigenvalue weighted by atomic mass is 16.5. The van der Waals surface area contributed by atoms with E-state index >= 15 is 0 Å². The van der Waals surface area contributed by atoms with Crippen LogP contribution in [0.5, 0.6) is 17.2 Å². The van der Waals surface area contributed by atoms with Crippen molar-refractivity contribution in [1.82, 2.24) is 14.9 Å². The summed E-state index contributed by atoms with van der Waals surface area (Å²) in [5, 5.41) is 5.27. The third-order valence-electron chi connectivity index (χ3n) is 6.51. The molecule has 0 unspecified atom stereocenters. The van der Waals surface area contributed by atoms with Crippen LogP contribution in [0.2, 0.25) is 0 Å². The van der Waals surface area contributed by atoms with Gasteiger partial charge < -0.3 is 29.1 Å². The monoisotopic (exact) mass is 433 g/mol. The largest absolute Gasteiger partial charge is 0.497 e. The summed E-state index contributed by atoms with van der Waals surface area (Å²) in [5.41, 5.74) is 4.81. The molecule has 7 nitrogen and oxygen atoms in total. The Morgan fingerprint density at radius 3 is 2.56 bits per heavy atom. The Kier molecular flexibility index (Phi) is 4.96. The van der Waals surface area contributed by atoms with Crippen molar-refractivity contribution in [2.75, 3.05) is 21.3 Å². The normalized spacial score (nSPS) is 15.6. The summed E-state index contributed by atoms with van der Waals surface area (Å²) in [6, 6.07) is 11.6. The molecule has 0 saturated carbocycles. The highest BCUT2D eigenvalue weighted by Crippen LogP contribution is 2.38. The van der Waals surface area contributed by atoms with Gasteiger partial charge in [-0.05, 0) is 61.2 Å². The van der Waals surface area contributed by atoms with E-state index in [-0.39, 0.29) is 11.9 Å². The van der Waals surface area contributed by atoms with E-state index in [2.05, 4.69) is 16.4 Å². The standard InChI is InChI=1S/C25H27N3O4/c1-28-20(13-17-21(31-3)10-11-22(32-4)24(17)28)25(29)27-19-7-5-6-15-16-12-14(30-2)8-9-18(16)26-23(15)19/h8-13,19,26H,5-7H2,1-4H3,(H,27,29)/t19-/m0/s1. The van der Waals surface area contributed by atoms with Gasteiger partial charge in [-0.15, -0.1) is 0 Å². The second kappa shape index (κ2) is 7.82. The maximum atomic E-state index is 13.4. The molecule has 166 valence electrons. The van der Waals surface area contributed by atoms with Crippen molar-refractivity contribution >= 4 is 27.7 Å². The number of aromatic amines is 1. The zero-order valence-electron chi connectivity index (χ0n) is 18.7. The first-order chi connectivity index (χ1) is 15.5. The van der Waals surface area contributed by atoms with Gasteiger partial charge in [0.15, 0.2) is 0 Å². The van der Waals surface area contributed by atoms with Crippen LogP contribution in [0.25, 0.3) is 21.8 Å². The Labute approximate surface area is 186 Å². The number of benzene rings is 2. The average Bonchev–Trinajstić information content (AvgIpc) is 3.37. The molecule has 1 atom stereocenters. The summed E-state index contributed by atoms with van der Waals surface area (Å²) in [6.07, 6.45) is 2.88. The van der Waals surface area contributed by atoms with E-state index in [4.69, 9.17) is 14.2 Å². The summed E-state index contributed by atoms with van der Waals surface area (Å²) >= 11 is 0. The van der Waals surface area contributed by atoms with E-state index in [1.54, 1.807) is 21.3 Å². The molecule has 32 heavy (non-hydrogen) atoms. The minimum Gasteiger partial charge on any atom is -0.497 e. The average molecular weight is 434 g/mol. The molecular formula is C25H27N3O4. The first-order valence-electron chi connectivity index (χ1n) is 10.8. The van der Waals surface area contributed by atoms with Gasteiger partial charge in [-0.2, -0.15) is 0 Å². The zero-order chi connectivity index (χ0) is 22.4. The third kappa shape index (κ3) is 3.07. The lowest BCUT2D eigenvalue weighted by Gasteiger charge is -2.24. The van der Waals surface area contributed by atoms with Gasteiger partial charge in [-0.25, -0.2) is 0 Å². The number of carbonyl (C=O) groups excluding carboxylic acids is 1. The molecule has 0 radical (unpaired) electrons. The number of nitrogens with one attached hydrogen (secondary N) is 2. The van der Waals surface area contributed by atoms with E-state index in [9.17, 15) is 4.79 Å². The Balaban J connectivity index is 1.52. The third-order valence-corrected chi connectivity index (χ3v) is 6.51. The fraction of sp³-hybridized carbons (Fsp3) is 0.320. The van der Waals surface area contributed by atoms with E-state index < -0.39 is 0 Å². The molecule has 2 heterocycles. The summed E-state index contributed by atoms with van der Waals surface area (Å²) in [7, 11) is 6.81. The topological polar surface area (TPSA) is 77.5 Å². The second-order valence-electron chi connectivity index (χ2n) is 8.17. The first kappa shape index (κ1) is 20.3. The molecule has 1 amide bonds. The predicted molar refractivity (Wildman–Crippen MR) is 124 cm³/mol. The van der Waals surface area contributed by atoms with Crippen LogP contribution in [-0.4, -0.2) is 36.8 Å². The van der Waals surface area contributed by atoms with Crippen molar-refractivity contribution in [1.29, 1.82) is 0 Å². The first-order valence-corrected chi connectivity index (χ1v) is 10.8. The SMILES string of the molecule is COc1ccc2[nH]c3c(c2c1)CCC[C@@H]3NC(=O)c1cc2c(OC)ccc(OC)c2n1C. The molecule has 2 aromatic heterocycles. The minimum absolute atomic E-state index is 0.0774. The highest BCUT2D eigenvalue weighted by molar-refractivity contribution is 6.02. The van der Waals surface area contributed by atoms with Crippen LogP contribution in [0.1, 0.15) is 40.6 Å². The van der Waals surface area contributed by atoms with Crippen LogP contribution in [0.3, 0.4) is 0 Å². The van der Waals surface area contributed by atoms with Gasteiger partial charge in [-0.3, -0.25) is 4.79 Å². The number of hydrogen-bond acceptors (Lipinski definition) is 4. The van der Waals surface area contributed by atoms with Gasteiger partial charge in [0, 0.05) is 29.0 Å². The Hall–Kier alpha value is -3.61. The summed E-state index contributed by atoms with van der Waals surface area (Å²) in [6.45, 7) is 0. The van der Waals surface area contributed by atoms with Crippen molar-refractivity contribution in [2.45, 2.75) is 25.3 Å². The Morgan fingerprint density at radius 1 is 1.03 bits per heavy atom. The number of rotatable bonds is 5. The molecule has 1 aliphatic carbocycles. The predicted octanol–water partition coefficient (Wildman–Crippen LogP) is 4.49. The quantitative estimate of drug-likeness (QED) is 0.486. The fourth-order valence-electron chi connectivity index (χ4n) is 4.91. The maximum absolute atomic E-state index is 13.4. The number of nitrogens with zero attached hydrogens (tertiary/aromatic N) is 1. The molecular weight excluding hydrogens is 406 g/mol. The molecule has 2 N–H and O–H groups in total. The van der Waals surface area contributed by atoms with Crippen LogP contribution in [0.15, 0.2) is 36.4 Å².